The van der Waals surface area contributed by atoms with Crippen LogP contribution in [-0.2, 0) is 6.54 Å². The van der Waals surface area contributed by atoms with Crippen molar-refractivity contribution < 1.29 is 0 Å². The van der Waals surface area contributed by atoms with Gasteiger partial charge in [-0.1, -0.05) is 12.8 Å². The molecule has 1 aliphatic carbocycles. The van der Waals surface area contributed by atoms with Crippen molar-refractivity contribution in [2.45, 2.75) is 51.0 Å². The molecule has 0 amide bonds. The van der Waals surface area contributed by atoms with Crippen LogP contribution in [0, 0.1) is 5.41 Å². The van der Waals surface area contributed by atoms with Crippen molar-refractivity contribution in [3.05, 3.63) is 15.6 Å². The predicted molar refractivity (Wildman–Crippen MR) is 78.9 cm³/mol. The van der Waals surface area contributed by atoms with Crippen molar-refractivity contribution in [1.29, 1.82) is 5.41 Å². The Morgan fingerprint density at radius 1 is 1.26 bits per heavy atom. The van der Waals surface area contributed by atoms with Gasteiger partial charge in [0.05, 0.1) is 17.1 Å². The molecule has 0 unspecified atom stereocenters. The fourth-order valence-electron chi connectivity index (χ4n) is 2.76. The quantitative estimate of drug-likeness (QED) is 0.657. The summed E-state index contributed by atoms with van der Waals surface area (Å²) >= 11 is 1.63. The maximum Gasteiger partial charge on any atom is 0.135 e. The third kappa shape index (κ3) is 3.15. The molecule has 19 heavy (non-hydrogen) atoms. The number of hydrogen-bond donors (Lipinski definition) is 2. The van der Waals surface area contributed by atoms with Crippen LogP contribution in [0.5, 0.6) is 0 Å². The number of likely N-dealkylation sites (tertiary alicyclic amines) is 1. The summed E-state index contributed by atoms with van der Waals surface area (Å²) in [5, 5.41) is 8.85. The monoisotopic (exact) mass is 278 g/mol. The molecule has 3 N–H and O–H groups in total. The van der Waals surface area contributed by atoms with E-state index in [9.17, 15) is 0 Å². The van der Waals surface area contributed by atoms with Crippen LogP contribution >= 0.6 is 11.3 Å². The molecule has 2 heterocycles. The molecule has 0 spiro atoms. The first-order valence-corrected chi connectivity index (χ1v) is 8.12. The lowest BCUT2D eigenvalue weighted by Crippen LogP contribution is -2.23. The van der Waals surface area contributed by atoms with Gasteiger partial charge in [0.25, 0.3) is 0 Å². The van der Waals surface area contributed by atoms with Crippen molar-refractivity contribution in [1.82, 2.24) is 9.88 Å². The number of nitrogens with one attached hydrogen (secondary N) is 1. The minimum atomic E-state index is 0.196. The van der Waals surface area contributed by atoms with E-state index in [1.165, 1.54) is 51.6 Å². The maximum absolute atomic E-state index is 7.70. The Kier molecular flexibility index (Phi) is 3.84. The number of nitrogen functional groups attached to an aromatic ring is 1. The summed E-state index contributed by atoms with van der Waals surface area (Å²) in [4.78, 5) is 8.20. The lowest BCUT2D eigenvalue weighted by molar-refractivity contribution is 0.276. The van der Waals surface area contributed by atoms with E-state index in [2.05, 4.69) is 4.90 Å². The van der Waals surface area contributed by atoms with Gasteiger partial charge in [0, 0.05) is 5.92 Å². The average molecular weight is 278 g/mol. The number of nitrogens with zero attached hydrogens (tertiary/aromatic N) is 2. The molecule has 1 saturated carbocycles. The number of hydrogen-bond acceptors (Lipinski definition) is 4. The molecular formula is C14H22N4S. The van der Waals surface area contributed by atoms with Crippen LogP contribution in [0.15, 0.2) is 0 Å². The molecule has 1 aromatic rings. The van der Waals surface area contributed by atoms with Crippen molar-refractivity contribution in [3.8, 4) is 0 Å². The largest absolute Gasteiger partial charge is 0.383 e. The molecule has 104 valence electrons. The smallest absolute Gasteiger partial charge is 0.135 e. The van der Waals surface area contributed by atoms with Crippen LogP contribution in [0.25, 0.3) is 0 Å². The number of rotatable bonds is 4. The molecule has 2 aliphatic rings. The van der Waals surface area contributed by atoms with E-state index < -0.39 is 0 Å². The molecule has 0 radical (unpaired) electrons. The lowest BCUT2D eigenvalue weighted by Gasteiger charge is -2.17. The van der Waals surface area contributed by atoms with Crippen molar-refractivity contribution >= 4 is 17.2 Å². The van der Waals surface area contributed by atoms with Gasteiger partial charge in [-0.25, -0.2) is 4.98 Å². The molecule has 0 atom stereocenters. The van der Waals surface area contributed by atoms with E-state index in [-0.39, 0.29) is 5.84 Å². The van der Waals surface area contributed by atoms with Gasteiger partial charge in [-0.15, -0.1) is 11.3 Å². The number of aromatic nitrogens is 1. The lowest BCUT2D eigenvalue weighted by atomic mass is 10.2. The number of amidine groups is 1. The molecular weight excluding hydrogens is 256 g/mol. The summed E-state index contributed by atoms with van der Waals surface area (Å²) in [5.74, 6) is 0.773. The highest BCUT2D eigenvalue weighted by Gasteiger charge is 2.30. The first-order valence-electron chi connectivity index (χ1n) is 7.30. The molecule has 1 aliphatic heterocycles. The summed E-state index contributed by atoms with van der Waals surface area (Å²) < 4.78 is 0. The van der Waals surface area contributed by atoms with E-state index >= 15 is 0 Å². The van der Waals surface area contributed by atoms with Gasteiger partial charge in [0.15, 0.2) is 0 Å². The highest BCUT2D eigenvalue weighted by atomic mass is 32.1. The van der Waals surface area contributed by atoms with Gasteiger partial charge < -0.3 is 5.73 Å². The topological polar surface area (TPSA) is 66.0 Å². The van der Waals surface area contributed by atoms with E-state index in [4.69, 9.17) is 16.1 Å². The predicted octanol–water partition coefficient (Wildman–Crippen LogP) is 2.68. The summed E-state index contributed by atoms with van der Waals surface area (Å²) in [6.45, 7) is 3.32. The van der Waals surface area contributed by atoms with E-state index in [0.717, 1.165) is 22.1 Å². The van der Waals surface area contributed by atoms with Crippen molar-refractivity contribution in [2.75, 3.05) is 13.1 Å². The van der Waals surface area contributed by atoms with Gasteiger partial charge in [-0.2, -0.15) is 0 Å². The Morgan fingerprint density at radius 3 is 2.53 bits per heavy atom. The highest BCUT2D eigenvalue weighted by Crippen LogP contribution is 2.42. The molecule has 2 fully saturated rings. The summed E-state index contributed by atoms with van der Waals surface area (Å²) in [6, 6.07) is 0. The first-order chi connectivity index (χ1) is 9.24. The second kappa shape index (κ2) is 5.59. The fraction of sp³-hybridized carbons (Fsp3) is 0.714. The molecule has 3 rings (SSSR count). The summed E-state index contributed by atoms with van der Waals surface area (Å²) in [7, 11) is 0. The zero-order valence-corrected chi connectivity index (χ0v) is 12.1. The Bertz CT molecular complexity index is 456. The third-order valence-electron chi connectivity index (χ3n) is 3.96. The fourth-order valence-corrected chi connectivity index (χ4v) is 3.81. The standard InChI is InChI=1S/C14H22N4S/c15-14(16)13-12(10-5-6-10)17-11(19-13)9-18-7-3-1-2-4-8-18/h10H,1-9H2,(H3,15,16). The van der Waals surface area contributed by atoms with Crippen LogP contribution in [-0.4, -0.2) is 28.8 Å². The van der Waals surface area contributed by atoms with Gasteiger partial charge in [-0.3, -0.25) is 10.3 Å². The molecule has 4 nitrogen and oxygen atoms in total. The van der Waals surface area contributed by atoms with Gasteiger partial charge in [0.1, 0.15) is 10.8 Å². The molecule has 1 aromatic heterocycles. The van der Waals surface area contributed by atoms with E-state index in [1.807, 2.05) is 0 Å². The zero-order valence-electron chi connectivity index (χ0n) is 11.3. The Balaban J connectivity index is 1.73. The van der Waals surface area contributed by atoms with Gasteiger partial charge in [0.2, 0.25) is 0 Å². The van der Waals surface area contributed by atoms with Crippen LogP contribution < -0.4 is 5.73 Å². The average Bonchev–Trinajstić information content (AvgIpc) is 3.16. The first kappa shape index (κ1) is 13.1. The van der Waals surface area contributed by atoms with Crippen molar-refractivity contribution in [2.24, 2.45) is 5.73 Å². The molecule has 1 saturated heterocycles. The minimum absolute atomic E-state index is 0.196. The van der Waals surface area contributed by atoms with Crippen LogP contribution in [0.3, 0.4) is 0 Å². The van der Waals surface area contributed by atoms with Gasteiger partial charge >= 0.3 is 0 Å². The summed E-state index contributed by atoms with van der Waals surface area (Å²) in [5.41, 5.74) is 6.79. The Hall–Kier alpha value is -0.940. The minimum Gasteiger partial charge on any atom is -0.383 e. The molecule has 5 heteroatoms. The van der Waals surface area contributed by atoms with Gasteiger partial charge in [-0.05, 0) is 38.8 Å². The number of thiazole rings is 1. The number of nitrogens with two attached hydrogens (primary N) is 1. The zero-order chi connectivity index (χ0) is 13.2. The van der Waals surface area contributed by atoms with Crippen LogP contribution in [0.1, 0.15) is 60.0 Å². The molecule has 0 bridgehead atoms. The molecule has 0 aromatic carbocycles. The Morgan fingerprint density at radius 2 is 1.95 bits per heavy atom. The van der Waals surface area contributed by atoms with Crippen LogP contribution in [0.4, 0.5) is 0 Å². The summed E-state index contributed by atoms with van der Waals surface area (Å²) in [6.07, 6.45) is 7.77. The van der Waals surface area contributed by atoms with Crippen LogP contribution in [0.2, 0.25) is 0 Å². The highest BCUT2D eigenvalue weighted by molar-refractivity contribution is 7.13. The van der Waals surface area contributed by atoms with Crippen molar-refractivity contribution in [3.63, 3.8) is 0 Å². The van der Waals surface area contributed by atoms with E-state index in [0.29, 0.717) is 5.92 Å². The third-order valence-corrected chi connectivity index (χ3v) is 5.05. The second-order valence-electron chi connectivity index (χ2n) is 5.70. The Labute approximate surface area is 118 Å². The SMILES string of the molecule is N=C(N)c1sc(CN2CCCCCC2)nc1C1CC1. The maximum atomic E-state index is 7.70. The normalized spacial score (nSPS) is 21.3. The second-order valence-corrected chi connectivity index (χ2v) is 6.78. The van der Waals surface area contributed by atoms with E-state index in [1.54, 1.807) is 11.3 Å².